The van der Waals surface area contributed by atoms with Crippen LogP contribution in [-0.2, 0) is 4.79 Å². The number of amides is 1. The van der Waals surface area contributed by atoms with E-state index in [1.807, 2.05) is 48.7 Å². The van der Waals surface area contributed by atoms with Gasteiger partial charge in [-0.3, -0.25) is 4.79 Å². The minimum atomic E-state index is -0.860. The number of hydrogen-bond donors (Lipinski definition) is 1. The third kappa shape index (κ3) is 3.83. The summed E-state index contributed by atoms with van der Waals surface area (Å²) in [6.45, 7) is 1.69. The van der Waals surface area contributed by atoms with Gasteiger partial charge in [0.2, 0.25) is 5.91 Å². The molecule has 2 aromatic rings. The molecule has 0 aromatic heterocycles. The van der Waals surface area contributed by atoms with Gasteiger partial charge >= 0.3 is 0 Å². The Labute approximate surface area is 158 Å². The lowest BCUT2D eigenvalue weighted by molar-refractivity contribution is -0.139. The number of benzene rings is 2. The number of aliphatic hydroxyl groups is 1. The summed E-state index contributed by atoms with van der Waals surface area (Å²) in [5.74, 6) is 0.805. The van der Waals surface area contributed by atoms with Gasteiger partial charge in [-0.1, -0.05) is 36.4 Å². The quantitative estimate of drug-likeness (QED) is 0.902. The van der Waals surface area contributed by atoms with Crippen molar-refractivity contribution in [3.8, 4) is 11.5 Å². The van der Waals surface area contributed by atoms with Gasteiger partial charge in [0.1, 0.15) is 13.2 Å². The molecule has 1 saturated heterocycles. The Bertz CT molecular complexity index is 833. The first kappa shape index (κ1) is 17.6. The molecule has 0 unspecified atom stereocenters. The molecule has 2 aliphatic rings. The SMILES string of the molecule is O=C1[C@@H]([C@@H](O)c2ccc3c(c2)OCCO3)CCCN1/C=C/c1ccccc1. The van der Waals surface area contributed by atoms with E-state index in [1.54, 1.807) is 17.0 Å². The standard InChI is InChI=1S/C22H23NO4/c24-21(17-8-9-19-20(15-17)27-14-13-26-19)18-7-4-11-23(22(18)25)12-10-16-5-2-1-3-6-16/h1-3,5-6,8-10,12,15,18,21,24H,4,7,11,13-14H2/b12-10+/t18-,21+/m1/s1. The molecule has 1 amide bonds. The van der Waals surface area contributed by atoms with Crippen molar-refractivity contribution in [1.82, 2.24) is 4.90 Å². The molecule has 140 valence electrons. The second kappa shape index (κ2) is 7.84. The predicted octanol–water partition coefficient (Wildman–Crippen LogP) is 3.40. The summed E-state index contributed by atoms with van der Waals surface area (Å²) < 4.78 is 11.1. The number of carbonyl (C=O) groups excluding carboxylic acids is 1. The van der Waals surface area contributed by atoms with Gasteiger partial charge < -0.3 is 19.5 Å². The number of piperidine rings is 1. The van der Waals surface area contributed by atoms with Crippen molar-refractivity contribution in [2.75, 3.05) is 19.8 Å². The lowest BCUT2D eigenvalue weighted by Gasteiger charge is -2.33. The molecule has 0 spiro atoms. The molecule has 1 N–H and O–H groups in total. The highest BCUT2D eigenvalue weighted by atomic mass is 16.6. The highest BCUT2D eigenvalue weighted by Gasteiger charge is 2.34. The van der Waals surface area contributed by atoms with Crippen LogP contribution in [0.4, 0.5) is 0 Å². The van der Waals surface area contributed by atoms with Crippen molar-refractivity contribution in [2.45, 2.75) is 18.9 Å². The Morgan fingerprint density at radius 1 is 1.07 bits per heavy atom. The summed E-state index contributed by atoms with van der Waals surface area (Å²) in [6, 6.07) is 15.3. The molecule has 2 aromatic carbocycles. The summed E-state index contributed by atoms with van der Waals surface area (Å²) in [5.41, 5.74) is 1.73. The van der Waals surface area contributed by atoms with Crippen LogP contribution in [0.1, 0.15) is 30.1 Å². The first-order valence-electron chi connectivity index (χ1n) is 9.34. The van der Waals surface area contributed by atoms with Crippen LogP contribution in [0.15, 0.2) is 54.7 Å². The van der Waals surface area contributed by atoms with E-state index in [2.05, 4.69) is 0 Å². The number of rotatable bonds is 4. The molecule has 5 nitrogen and oxygen atoms in total. The molecule has 27 heavy (non-hydrogen) atoms. The zero-order valence-corrected chi connectivity index (χ0v) is 15.1. The van der Waals surface area contributed by atoms with Gasteiger partial charge in [-0.25, -0.2) is 0 Å². The first-order valence-corrected chi connectivity index (χ1v) is 9.34. The zero-order valence-electron chi connectivity index (χ0n) is 15.1. The van der Waals surface area contributed by atoms with E-state index < -0.39 is 12.0 Å². The molecular formula is C22H23NO4. The molecule has 0 radical (unpaired) electrons. The van der Waals surface area contributed by atoms with Gasteiger partial charge in [-0.2, -0.15) is 0 Å². The van der Waals surface area contributed by atoms with Gasteiger partial charge in [-0.15, -0.1) is 0 Å². The van der Waals surface area contributed by atoms with E-state index in [1.165, 1.54) is 0 Å². The largest absolute Gasteiger partial charge is 0.486 e. The van der Waals surface area contributed by atoms with Crippen LogP contribution < -0.4 is 9.47 Å². The monoisotopic (exact) mass is 365 g/mol. The van der Waals surface area contributed by atoms with Crippen molar-refractivity contribution in [3.05, 3.63) is 65.9 Å². The van der Waals surface area contributed by atoms with Gasteiger partial charge in [0.05, 0.1) is 12.0 Å². The number of fused-ring (bicyclic) bond motifs is 1. The van der Waals surface area contributed by atoms with E-state index >= 15 is 0 Å². The molecule has 0 saturated carbocycles. The normalized spacial score (nSPS) is 20.7. The Balaban J connectivity index is 1.49. The summed E-state index contributed by atoms with van der Waals surface area (Å²) >= 11 is 0. The fourth-order valence-corrected chi connectivity index (χ4v) is 3.59. The second-order valence-corrected chi connectivity index (χ2v) is 6.85. The predicted molar refractivity (Wildman–Crippen MR) is 102 cm³/mol. The average molecular weight is 365 g/mol. The zero-order chi connectivity index (χ0) is 18.6. The van der Waals surface area contributed by atoms with Crippen LogP contribution in [-0.4, -0.2) is 35.7 Å². The van der Waals surface area contributed by atoms with Gasteiger partial charge in [0.15, 0.2) is 11.5 Å². The average Bonchev–Trinajstić information content (AvgIpc) is 2.73. The molecule has 1 fully saturated rings. The smallest absolute Gasteiger partial charge is 0.232 e. The maximum absolute atomic E-state index is 12.9. The molecule has 0 aliphatic carbocycles. The van der Waals surface area contributed by atoms with Crippen LogP contribution in [0.5, 0.6) is 11.5 Å². The summed E-state index contributed by atoms with van der Waals surface area (Å²) in [4.78, 5) is 14.6. The van der Waals surface area contributed by atoms with Crippen LogP contribution in [0, 0.1) is 5.92 Å². The van der Waals surface area contributed by atoms with E-state index in [4.69, 9.17) is 9.47 Å². The fraction of sp³-hybridized carbons (Fsp3) is 0.318. The Kier molecular flexibility index (Phi) is 5.12. The van der Waals surface area contributed by atoms with E-state index in [9.17, 15) is 9.90 Å². The molecule has 4 rings (SSSR count). The Hall–Kier alpha value is -2.79. The third-order valence-electron chi connectivity index (χ3n) is 5.05. The molecule has 2 aliphatic heterocycles. The van der Waals surface area contributed by atoms with E-state index in [0.717, 1.165) is 12.0 Å². The van der Waals surface area contributed by atoms with Crippen LogP contribution in [0.3, 0.4) is 0 Å². The maximum Gasteiger partial charge on any atom is 0.232 e. The van der Waals surface area contributed by atoms with Crippen molar-refractivity contribution in [2.24, 2.45) is 5.92 Å². The summed E-state index contributed by atoms with van der Waals surface area (Å²) in [5, 5.41) is 10.9. The maximum atomic E-state index is 12.9. The first-order chi connectivity index (χ1) is 13.2. The topological polar surface area (TPSA) is 59.0 Å². The summed E-state index contributed by atoms with van der Waals surface area (Å²) in [7, 11) is 0. The van der Waals surface area contributed by atoms with Crippen molar-refractivity contribution in [1.29, 1.82) is 0 Å². The number of ether oxygens (including phenoxy) is 2. The lowest BCUT2D eigenvalue weighted by atomic mass is 9.87. The number of hydrogen-bond acceptors (Lipinski definition) is 4. The van der Waals surface area contributed by atoms with Crippen LogP contribution >= 0.6 is 0 Å². The Morgan fingerprint density at radius 3 is 2.67 bits per heavy atom. The van der Waals surface area contributed by atoms with E-state index in [-0.39, 0.29) is 5.91 Å². The van der Waals surface area contributed by atoms with Gasteiger partial charge in [0, 0.05) is 12.7 Å². The van der Waals surface area contributed by atoms with Crippen LogP contribution in [0.2, 0.25) is 0 Å². The van der Waals surface area contributed by atoms with Gasteiger partial charge in [0.25, 0.3) is 0 Å². The minimum Gasteiger partial charge on any atom is -0.486 e. The molecular weight excluding hydrogens is 342 g/mol. The number of nitrogens with zero attached hydrogens (tertiary/aromatic N) is 1. The third-order valence-corrected chi connectivity index (χ3v) is 5.05. The Morgan fingerprint density at radius 2 is 1.85 bits per heavy atom. The van der Waals surface area contributed by atoms with Crippen LogP contribution in [0.25, 0.3) is 6.08 Å². The van der Waals surface area contributed by atoms with Crippen molar-refractivity contribution >= 4 is 12.0 Å². The minimum absolute atomic E-state index is 0.0455. The van der Waals surface area contributed by atoms with Crippen molar-refractivity contribution in [3.63, 3.8) is 0 Å². The molecule has 2 heterocycles. The highest BCUT2D eigenvalue weighted by Crippen LogP contribution is 2.37. The molecule has 5 heteroatoms. The second-order valence-electron chi connectivity index (χ2n) is 6.85. The molecule has 0 bridgehead atoms. The fourth-order valence-electron chi connectivity index (χ4n) is 3.59. The lowest BCUT2D eigenvalue weighted by Crippen LogP contribution is -2.40. The summed E-state index contributed by atoms with van der Waals surface area (Å²) in [6.07, 6.45) is 4.42. The number of aliphatic hydroxyl groups excluding tert-OH is 1. The number of carbonyl (C=O) groups is 1. The van der Waals surface area contributed by atoms with Crippen molar-refractivity contribution < 1.29 is 19.4 Å². The van der Waals surface area contributed by atoms with E-state index in [0.29, 0.717) is 43.2 Å². The molecule has 2 atom stereocenters. The van der Waals surface area contributed by atoms with Gasteiger partial charge in [-0.05, 0) is 42.2 Å². The highest BCUT2D eigenvalue weighted by molar-refractivity contribution is 5.82. The number of likely N-dealkylation sites (tertiary alicyclic amines) is 1.